The van der Waals surface area contributed by atoms with Crippen LogP contribution >= 0.6 is 0 Å². The normalized spacial score (nSPS) is 11.0. The number of H-pyrrole nitrogens is 1. The molecule has 0 aliphatic carbocycles. The molecule has 18 heavy (non-hydrogen) atoms. The second kappa shape index (κ2) is 4.87. The first kappa shape index (κ1) is 12.1. The first-order chi connectivity index (χ1) is 8.56. The molecule has 0 unspecified atom stereocenters. The average Bonchev–Trinajstić information content (AvgIpc) is 2.78. The molecule has 1 aromatic carbocycles. The number of carbonyl (C=O) groups is 1. The maximum absolute atomic E-state index is 10.4. The van der Waals surface area contributed by atoms with Gasteiger partial charge < -0.3 is 10.1 Å². The highest BCUT2D eigenvalue weighted by Gasteiger charge is 2.05. The number of imidazole rings is 1. The van der Waals surface area contributed by atoms with E-state index in [1.165, 1.54) is 11.6 Å². The van der Waals surface area contributed by atoms with E-state index in [0.717, 1.165) is 22.9 Å². The van der Waals surface area contributed by atoms with Crippen LogP contribution in [0.2, 0.25) is 0 Å². The van der Waals surface area contributed by atoms with Crippen LogP contribution in [0.4, 0.5) is 0 Å². The van der Waals surface area contributed by atoms with E-state index in [-0.39, 0.29) is 0 Å². The number of aromatic amines is 1. The number of rotatable bonds is 3. The molecule has 2 aromatic rings. The number of aromatic nitrogens is 2. The van der Waals surface area contributed by atoms with Crippen molar-refractivity contribution in [2.45, 2.75) is 13.8 Å². The van der Waals surface area contributed by atoms with Crippen LogP contribution < -0.4 is 0 Å². The Balaban J connectivity index is 2.35. The third-order valence-corrected chi connectivity index (χ3v) is 2.66. The molecule has 92 valence electrons. The van der Waals surface area contributed by atoms with Crippen molar-refractivity contribution in [1.29, 1.82) is 0 Å². The summed E-state index contributed by atoms with van der Waals surface area (Å²) in [5.41, 5.74) is 4.30. The largest absolute Gasteiger partial charge is 0.478 e. The minimum absolute atomic E-state index is 0.535. The molecule has 4 heteroatoms. The molecule has 1 aromatic heterocycles. The summed E-state index contributed by atoms with van der Waals surface area (Å²) in [4.78, 5) is 17.6. The summed E-state index contributed by atoms with van der Waals surface area (Å²) in [6, 6.07) is 6.19. The van der Waals surface area contributed by atoms with Gasteiger partial charge in [0.2, 0.25) is 0 Å². The zero-order valence-corrected chi connectivity index (χ0v) is 10.3. The van der Waals surface area contributed by atoms with Gasteiger partial charge in [-0.05, 0) is 31.6 Å². The number of carboxylic acids is 1. The fourth-order valence-electron chi connectivity index (χ4n) is 1.73. The highest BCUT2D eigenvalue weighted by atomic mass is 16.4. The van der Waals surface area contributed by atoms with E-state index in [9.17, 15) is 4.79 Å². The number of hydrogen-bond donors (Lipinski definition) is 2. The van der Waals surface area contributed by atoms with E-state index in [0.29, 0.717) is 5.82 Å². The molecule has 0 radical (unpaired) electrons. The van der Waals surface area contributed by atoms with Crippen molar-refractivity contribution < 1.29 is 9.90 Å². The fraction of sp³-hybridized carbons (Fsp3) is 0.143. The van der Waals surface area contributed by atoms with Crippen LogP contribution in [0.25, 0.3) is 17.3 Å². The second-order valence-electron chi connectivity index (χ2n) is 4.17. The van der Waals surface area contributed by atoms with E-state index in [2.05, 4.69) is 28.2 Å². The Morgan fingerprint density at radius 3 is 2.89 bits per heavy atom. The Bertz CT molecular complexity index is 612. The highest BCUT2D eigenvalue weighted by molar-refractivity contribution is 5.84. The number of nitrogens with zero attached hydrogens (tertiary/aromatic N) is 1. The molecule has 2 rings (SSSR count). The van der Waals surface area contributed by atoms with Crippen molar-refractivity contribution >= 4 is 12.0 Å². The molecule has 0 bridgehead atoms. The maximum atomic E-state index is 10.4. The molecule has 2 N–H and O–H groups in total. The van der Waals surface area contributed by atoms with E-state index < -0.39 is 5.97 Å². The van der Waals surface area contributed by atoms with Gasteiger partial charge in [-0.2, -0.15) is 0 Å². The lowest BCUT2D eigenvalue weighted by Gasteiger charge is -2.04. The van der Waals surface area contributed by atoms with Gasteiger partial charge >= 0.3 is 5.97 Å². The molecule has 0 aliphatic rings. The smallest absolute Gasteiger partial charge is 0.328 e. The standard InChI is InChI=1S/C14H14N2O2/c1-9-3-4-10(2)11(7-9)12-8-15-13(16-12)5-6-14(17)18/h3-8H,1-2H3,(H,15,16)(H,17,18)/b6-5+. The summed E-state index contributed by atoms with van der Waals surface area (Å²) in [5.74, 6) is -0.451. The third kappa shape index (κ3) is 2.66. The molecule has 0 atom stereocenters. The van der Waals surface area contributed by atoms with Crippen LogP contribution in [-0.2, 0) is 4.79 Å². The third-order valence-electron chi connectivity index (χ3n) is 2.66. The van der Waals surface area contributed by atoms with Gasteiger partial charge in [-0.25, -0.2) is 9.78 Å². The summed E-state index contributed by atoms with van der Waals surface area (Å²) in [7, 11) is 0. The van der Waals surface area contributed by atoms with Crippen LogP contribution in [-0.4, -0.2) is 21.0 Å². The predicted molar refractivity (Wildman–Crippen MR) is 70.2 cm³/mol. The zero-order valence-electron chi connectivity index (χ0n) is 10.3. The molecule has 1 heterocycles. The van der Waals surface area contributed by atoms with Gasteiger partial charge in [-0.1, -0.05) is 17.7 Å². The number of benzene rings is 1. The van der Waals surface area contributed by atoms with Crippen molar-refractivity contribution in [3.05, 3.63) is 47.4 Å². The number of aryl methyl sites for hydroxylation is 2. The van der Waals surface area contributed by atoms with Crippen molar-refractivity contribution in [2.75, 3.05) is 0 Å². The summed E-state index contributed by atoms with van der Waals surface area (Å²) in [6.45, 7) is 4.06. The molecular formula is C14H14N2O2. The first-order valence-corrected chi connectivity index (χ1v) is 5.60. The van der Waals surface area contributed by atoms with Crippen LogP contribution in [0.5, 0.6) is 0 Å². The number of aliphatic carboxylic acids is 1. The van der Waals surface area contributed by atoms with Gasteiger partial charge in [0.15, 0.2) is 0 Å². The van der Waals surface area contributed by atoms with Gasteiger partial charge in [-0.3, -0.25) is 0 Å². The van der Waals surface area contributed by atoms with Gasteiger partial charge in [0.1, 0.15) is 5.82 Å². The fourth-order valence-corrected chi connectivity index (χ4v) is 1.73. The van der Waals surface area contributed by atoms with E-state index >= 15 is 0 Å². The minimum Gasteiger partial charge on any atom is -0.478 e. The summed E-state index contributed by atoms with van der Waals surface area (Å²) < 4.78 is 0. The van der Waals surface area contributed by atoms with Crippen LogP contribution in [0.15, 0.2) is 30.5 Å². The first-order valence-electron chi connectivity index (χ1n) is 5.60. The molecule has 0 saturated carbocycles. The Hall–Kier alpha value is -2.36. The maximum Gasteiger partial charge on any atom is 0.328 e. The summed E-state index contributed by atoms with van der Waals surface area (Å²) >= 11 is 0. The van der Waals surface area contributed by atoms with Crippen molar-refractivity contribution in [2.24, 2.45) is 0 Å². The van der Waals surface area contributed by atoms with Crippen molar-refractivity contribution in [3.8, 4) is 11.3 Å². The van der Waals surface area contributed by atoms with Crippen molar-refractivity contribution in [1.82, 2.24) is 9.97 Å². The molecule has 0 spiro atoms. The monoisotopic (exact) mass is 242 g/mol. The number of nitrogens with one attached hydrogen (secondary N) is 1. The van der Waals surface area contributed by atoms with E-state index in [1.807, 2.05) is 13.8 Å². The molecule has 4 nitrogen and oxygen atoms in total. The van der Waals surface area contributed by atoms with E-state index in [4.69, 9.17) is 5.11 Å². The molecular weight excluding hydrogens is 228 g/mol. The molecule has 0 amide bonds. The lowest BCUT2D eigenvalue weighted by atomic mass is 10.0. The highest BCUT2D eigenvalue weighted by Crippen LogP contribution is 2.22. The second-order valence-corrected chi connectivity index (χ2v) is 4.17. The average molecular weight is 242 g/mol. The number of carboxylic acid groups (broad SMARTS) is 1. The van der Waals surface area contributed by atoms with E-state index in [1.54, 1.807) is 6.20 Å². The molecule has 0 aliphatic heterocycles. The Morgan fingerprint density at radius 1 is 1.39 bits per heavy atom. The van der Waals surface area contributed by atoms with Crippen molar-refractivity contribution in [3.63, 3.8) is 0 Å². The van der Waals surface area contributed by atoms with Gasteiger partial charge in [0, 0.05) is 11.6 Å². The van der Waals surface area contributed by atoms with Gasteiger partial charge in [0.25, 0.3) is 0 Å². The Morgan fingerprint density at radius 2 is 2.17 bits per heavy atom. The lowest BCUT2D eigenvalue weighted by molar-refractivity contribution is -0.131. The van der Waals surface area contributed by atoms with Crippen LogP contribution in [0, 0.1) is 13.8 Å². The molecule has 0 saturated heterocycles. The summed E-state index contributed by atoms with van der Waals surface area (Å²) in [6.07, 6.45) is 4.21. The predicted octanol–water partition coefficient (Wildman–Crippen LogP) is 2.79. The van der Waals surface area contributed by atoms with Crippen LogP contribution in [0.3, 0.4) is 0 Å². The topological polar surface area (TPSA) is 66.0 Å². The number of hydrogen-bond acceptors (Lipinski definition) is 2. The lowest BCUT2D eigenvalue weighted by Crippen LogP contribution is -1.87. The quantitative estimate of drug-likeness (QED) is 0.813. The molecule has 0 fully saturated rings. The van der Waals surface area contributed by atoms with Gasteiger partial charge in [-0.15, -0.1) is 0 Å². The SMILES string of the molecule is Cc1ccc(C)c(-c2cnc(/C=C/C(=O)O)[nH]2)c1. The minimum atomic E-state index is -0.986. The Labute approximate surface area is 105 Å². The Kier molecular flexibility index (Phi) is 3.28. The van der Waals surface area contributed by atoms with Gasteiger partial charge in [0.05, 0.1) is 11.9 Å². The summed E-state index contributed by atoms with van der Waals surface area (Å²) in [5, 5.41) is 8.55. The van der Waals surface area contributed by atoms with Crippen LogP contribution in [0.1, 0.15) is 17.0 Å². The zero-order chi connectivity index (χ0) is 13.1.